The second kappa shape index (κ2) is 5.67. The van der Waals surface area contributed by atoms with Gasteiger partial charge in [0.2, 0.25) is 0 Å². The normalized spacial score (nSPS) is 12.3. The molecule has 2 N–H and O–H groups in total. The highest BCUT2D eigenvalue weighted by atomic mass is 79.9. The lowest BCUT2D eigenvalue weighted by Gasteiger charge is -2.07. The first kappa shape index (κ1) is 13.3. The van der Waals surface area contributed by atoms with Crippen molar-refractivity contribution < 1.29 is 4.21 Å². The largest absolute Gasteiger partial charge is 0.398 e. The van der Waals surface area contributed by atoms with E-state index in [-0.39, 0.29) is 0 Å². The number of hydrogen-bond acceptors (Lipinski definition) is 2. The van der Waals surface area contributed by atoms with Crippen molar-refractivity contribution in [2.75, 3.05) is 5.73 Å². The minimum Gasteiger partial charge on any atom is -0.398 e. The highest BCUT2D eigenvalue weighted by Gasteiger charge is 2.09. The minimum atomic E-state index is -1.05. The zero-order valence-electron chi connectivity index (χ0n) is 10.0. The van der Waals surface area contributed by atoms with Crippen LogP contribution in [0.4, 0.5) is 5.69 Å². The molecular formula is C14H14BrNOS. The molecule has 1 unspecified atom stereocenters. The number of benzene rings is 2. The van der Waals surface area contributed by atoms with Gasteiger partial charge in [0.25, 0.3) is 0 Å². The van der Waals surface area contributed by atoms with Crippen LogP contribution in [0.5, 0.6) is 0 Å². The predicted molar refractivity (Wildman–Crippen MR) is 79.8 cm³/mol. The Kier molecular flexibility index (Phi) is 4.19. The van der Waals surface area contributed by atoms with Crippen LogP contribution in [-0.2, 0) is 16.6 Å². The third kappa shape index (κ3) is 3.00. The molecule has 2 rings (SSSR count). The number of anilines is 1. The lowest BCUT2D eigenvalue weighted by Crippen LogP contribution is -1.99. The van der Waals surface area contributed by atoms with E-state index in [4.69, 9.17) is 5.73 Å². The Morgan fingerprint density at radius 2 is 1.94 bits per heavy atom. The van der Waals surface area contributed by atoms with Crippen molar-refractivity contribution in [2.24, 2.45) is 0 Å². The fourth-order valence-corrected chi connectivity index (χ4v) is 3.52. The summed E-state index contributed by atoms with van der Waals surface area (Å²) in [5, 5.41) is 0. The van der Waals surface area contributed by atoms with Gasteiger partial charge in [-0.3, -0.25) is 4.21 Å². The fourth-order valence-electron chi connectivity index (χ4n) is 1.69. The van der Waals surface area contributed by atoms with E-state index in [1.165, 1.54) is 0 Å². The van der Waals surface area contributed by atoms with E-state index in [0.29, 0.717) is 11.4 Å². The van der Waals surface area contributed by atoms with Crippen molar-refractivity contribution in [1.29, 1.82) is 0 Å². The van der Waals surface area contributed by atoms with Gasteiger partial charge in [0, 0.05) is 15.1 Å². The summed E-state index contributed by atoms with van der Waals surface area (Å²) in [6, 6.07) is 13.4. The van der Waals surface area contributed by atoms with Gasteiger partial charge in [0.15, 0.2) is 0 Å². The van der Waals surface area contributed by atoms with Crippen LogP contribution in [0.1, 0.15) is 11.1 Å². The van der Waals surface area contributed by atoms with Crippen molar-refractivity contribution in [3.63, 3.8) is 0 Å². The Hall–Kier alpha value is -1.13. The Labute approximate surface area is 118 Å². The summed E-state index contributed by atoms with van der Waals surface area (Å²) in [5.74, 6) is 0.467. The Balaban J connectivity index is 2.24. The number of nitrogens with two attached hydrogens (primary N) is 1. The number of hydrogen-bond donors (Lipinski definition) is 1. The first-order valence-electron chi connectivity index (χ1n) is 5.56. The Morgan fingerprint density at radius 3 is 2.67 bits per heavy atom. The van der Waals surface area contributed by atoms with E-state index < -0.39 is 10.8 Å². The lowest BCUT2D eigenvalue weighted by atomic mass is 10.2. The topological polar surface area (TPSA) is 43.1 Å². The van der Waals surface area contributed by atoms with Crippen molar-refractivity contribution in [2.45, 2.75) is 17.6 Å². The molecule has 0 heterocycles. The molecule has 2 aromatic carbocycles. The molecule has 18 heavy (non-hydrogen) atoms. The smallest absolute Gasteiger partial charge is 0.0574 e. The molecule has 0 bridgehead atoms. The SMILES string of the molecule is Cc1cccc(S(=O)Cc2cccc(N)c2Br)c1. The average molecular weight is 324 g/mol. The quantitative estimate of drug-likeness (QED) is 0.876. The van der Waals surface area contributed by atoms with E-state index in [0.717, 1.165) is 20.5 Å². The number of rotatable bonds is 3. The molecule has 0 saturated heterocycles. The van der Waals surface area contributed by atoms with Gasteiger partial charge < -0.3 is 5.73 Å². The van der Waals surface area contributed by atoms with Crippen LogP contribution in [0.2, 0.25) is 0 Å². The summed E-state index contributed by atoms with van der Waals surface area (Å²) in [6.45, 7) is 2.00. The molecule has 2 nitrogen and oxygen atoms in total. The van der Waals surface area contributed by atoms with Gasteiger partial charge in [0.1, 0.15) is 0 Å². The second-order valence-electron chi connectivity index (χ2n) is 4.13. The molecule has 0 amide bonds. The van der Waals surface area contributed by atoms with E-state index in [9.17, 15) is 4.21 Å². The van der Waals surface area contributed by atoms with Crippen LogP contribution in [0.3, 0.4) is 0 Å². The molecule has 0 aromatic heterocycles. The number of halogens is 1. The standard InChI is InChI=1S/C14H14BrNOS/c1-10-4-2-6-12(8-10)18(17)9-11-5-3-7-13(16)14(11)15/h2-8H,9,16H2,1H3. The average Bonchev–Trinajstić information content (AvgIpc) is 2.35. The molecule has 4 heteroatoms. The molecule has 2 aromatic rings. The number of nitrogen functional groups attached to an aromatic ring is 1. The molecule has 0 aliphatic heterocycles. The van der Waals surface area contributed by atoms with Crippen LogP contribution in [0.15, 0.2) is 51.8 Å². The van der Waals surface area contributed by atoms with Crippen molar-refractivity contribution in [1.82, 2.24) is 0 Å². The highest BCUT2D eigenvalue weighted by molar-refractivity contribution is 9.10. The molecule has 0 aliphatic rings. The third-order valence-electron chi connectivity index (χ3n) is 2.65. The summed E-state index contributed by atoms with van der Waals surface area (Å²) in [4.78, 5) is 0.851. The summed E-state index contributed by atoms with van der Waals surface area (Å²) in [7, 11) is -1.05. The van der Waals surface area contributed by atoms with E-state index in [1.54, 1.807) is 0 Å². The molecule has 0 spiro atoms. The van der Waals surface area contributed by atoms with Crippen LogP contribution < -0.4 is 5.73 Å². The molecule has 0 saturated carbocycles. The van der Waals surface area contributed by atoms with Gasteiger partial charge in [0.05, 0.1) is 16.6 Å². The maximum atomic E-state index is 12.3. The molecular weight excluding hydrogens is 310 g/mol. The molecule has 0 radical (unpaired) electrons. The van der Waals surface area contributed by atoms with Crippen LogP contribution in [0, 0.1) is 6.92 Å². The van der Waals surface area contributed by atoms with Crippen LogP contribution in [-0.4, -0.2) is 4.21 Å². The third-order valence-corrected chi connectivity index (χ3v) is 4.97. The van der Waals surface area contributed by atoms with Crippen LogP contribution in [0.25, 0.3) is 0 Å². The van der Waals surface area contributed by atoms with Crippen molar-refractivity contribution in [3.8, 4) is 0 Å². The van der Waals surface area contributed by atoms with Gasteiger partial charge in [-0.1, -0.05) is 24.3 Å². The number of aryl methyl sites for hydroxylation is 1. The first-order chi connectivity index (χ1) is 8.58. The monoisotopic (exact) mass is 323 g/mol. The van der Waals surface area contributed by atoms with E-state index >= 15 is 0 Å². The van der Waals surface area contributed by atoms with Gasteiger partial charge >= 0.3 is 0 Å². The molecule has 0 fully saturated rings. The maximum Gasteiger partial charge on any atom is 0.0574 e. The zero-order chi connectivity index (χ0) is 13.1. The zero-order valence-corrected chi connectivity index (χ0v) is 12.4. The maximum absolute atomic E-state index is 12.3. The first-order valence-corrected chi connectivity index (χ1v) is 7.67. The Bertz CT molecular complexity index is 598. The summed E-state index contributed by atoms with van der Waals surface area (Å²) >= 11 is 3.44. The van der Waals surface area contributed by atoms with Crippen molar-refractivity contribution in [3.05, 3.63) is 58.1 Å². The predicted octanol–water partition coefficient (Wildman–Crippen LogP) is 3.65. The molecule has 94 valence electrons. The summed E-state index contributed by atoms with van der Waals surface area (Å²) in [5.41, 5.74) is 8.57. The lowest BCUT2D eigenvalue weighted by molar-refractivity contribution is 0.682. The minimum absolute atomic E-state index is 0.467. The van der Waals surface area contributed by atoms with E-state index in [2.05, 4.69) is 15.9 Å². The summed E-state index contributed by atoms with van der Waals surface area (Å²) in [6.07, 6.45) is 0. The molecule has 0 aliphatic carbocycles. The van der Waals surface area contributed by atoms with Gasteiger partial charge in [-0.05, 0) is 52.2 Å². The van der Waals surface area contributed by atoms with Gasteiger partial charge in [-0.2, -0.15) is 0 Å². The van der Waals surface area contributed by atoms with Gasteiger partial charge in [-0.15, -0.1) is 0 Å². The van der Waals surface area contributed by atoms with Gasteiger partial charge in [-0.25, -0.2) is 0 Å². The highest BCUT2D eigenvalue weighted by Crippen LogP contribution is 2.26. The van der Waals surface area contributed by atoms with E-state index in [1.807, 2.05) is 49.4 Å². The Morgan fingerprint density at radius 1 is 1.22 bits per heavy atom. The fraction of sp³-hybridized carbons (Fsp3) is 0.143. The molecule has 1 atom stereocenters. The second-order valence-corrected chi connectivity index (χ2v) is 6.37. The van der Waals surface area contributed by atoms with Crippen molar-refractivity contribution >= 4 is 32.4 Å². The van der Waals surface area contributed by atoms with Crippen LogP contribution >= 0.6 is 15.9 Å². The summed E-state index contributed by atoms with van der Waals surface area (Å²) < 4.78 is 13.1.